The van der Waals surface area contributed by atoms with Gasteiger partial charge >= 0.3 is 0 Å². The lowest BCUT2D eigenvalue weighted by Gasteiger charge is -2.22. The molecule has 1 N–H and O–H groups in total. The number of carbonyl (C=O) groups is 1. The van der Waals surface area contributed by atoms with Crippen molar-refractivity contribution >= 4 is 15.9 Å². The molecule has 0 aromatic heterocycles. The monoisotopic (exact) mass is 384 g/mol. The number of nitrogens with one attached hydrogen (secondary N) is 1. The summed E-state index contributed by atoms with van der Waals surface area (Å²) < 4.78 is 37.1. The molecule has 7 nitrogen and oxygen atoms in total. The quantitative estimate of drug-likeness (QED) is 0.633. The number of sulfonamides is 1. The number of amides is 1. The lowest BCUT2D eigenvalue weighted by Crippen LogP contribution is -2.38. The Bertz CT molecular complexity index is 698. The maximum atomic E-state index is 12.6. The molecule has 146 valence electrons. The Kier molecular flexibility index (Phi) is 7.71. The average Bonchev–Trinajstić information content (AvgIpc) is 3.09. The van der Waals surface area contributed by atoms with E-state index in [2.05, 4.69) is 5.32 Å². The first-order chi connectivity index (χ1) is 12.5. The largest absolute Gasteiger partial charge is 0.454 e. The van der Waals surface area contributed by atoms with Gasteiger partial charge in [-0.25, -0.2) is 12.7 Å². The molecule has 0 unspecified atom stereocenters. The molecule has 0 atom stereocenters. The highest BCUT2D eigenvalue weighted by Crippen LogP contribution is 2.32. The molecular weight excluding hydrogens is 356 g/mol. The molecule has 1 aromatic carbocycles. The van der Waals surface area contributed by atoms with Gasteiger partial charge in [0.15, 0.2) is 11.5 Å². The molecule has 0 aliphatic carbocycles. The smallest absolute Gasteiger partial charge is 0.251 e. The fourth-order valence-corrected chi connectivity index (χ4v) is 4.05. The van der Waals surface area contributed by atoms with Crippen LogP contribution in [0.25, 0.3) is 0 Å². The second-order valence-electron chi connectivity index (χ2n) is 6.25. The highest BCUT2D eigenvalue weighted by atomic mass is 32.2. The first-order valence-corrected chi connectivity index (χ1v) is 10.7. The van der Waals surface area contributed by atoms with Crippen LogP contribution in [-0.2, 0) is 10.0 Å². The number of carbonyl (C=O) groups excluding carboxylic acids is 1. The molecule has 1 aromatic rings. The predicted octanol–water partition coefficient (Wildman–Crippen LogP) is 2.38. The van der Waals surface area contributed by atoms with E-state index in [9.17, 15) is 13.2 Å². The van der Waals surface area contributed by atoms with Crippen LogP contribution >= 0.6 is 0 Å². The van der Waals surface area contributed by atoms with Crippen molar-refractivity contribution in [3.63, 3.8) is 0 Å². The van der Waals surface area contributed by atoms with Crippen molar-refractivity contribution in [2.75, 3.05) is 32.2 Å². The lowest BCUT2D eigenvalue weighted by atomic mass is 10.2. The Morgan fingerprint density at radius 1 is 1.12 bits per heavy atom. The third-order valence-electron chi connectivity index (χ3n) is 4.20. The first-order valence-electron chi connectivity index (χ1n) is 9.13. The molecule has 26 heavy (non-hydrogen) atoms. The van der Waals surface area contributed by atoms with Crippen LogP contribution in [0.4, 0.5) is 0 Å². The summed E-state index contributed by atoms with van der Waals surface area (Å²) in [6.07, 6.45) is 3.57. The second-order valence-corrected chi connectivity index (χ2v) is 8.33. The number of rotatable bonds is 11. The van der Waals surface area contributed by atoms with Crippen LogP contribution in [0.2, 0.25) is 0 Å². The Morgan fingerprint density at radius 3 is 2.42 bits per heavy atom. The third-order valence-corrected chi connectivity index (χ3v) is 6.07. The average molecular weight is 384 g/mol. The summed E-state index contributed by atoms with van der Waals surface area (Å²) in [6, 6.07) is 4.90. The number of benzene rings is 1. The van der Waals surface area contributed by atoms with E-state index >= 15 is 0 Å². The molecule has 0 bridgehead atoms. The summed E-state index contributed by atoms with van der Waals surface area (Å²) in [5, 5.41) is 2.67. The topological polar surface area (TPSA) is 84.9 Å². The molecule has 1 aliphatic rings. The van der Waals surface area contributed by atoms with Gasteiger partial charge in [0, 0.05) is 25.2 Å². The minimum Gasteiger partial charge on any atom is -0.454 e. The number of unbranched alkanes of at least 4 members (excludes halogenated alkanes) is 2. The summed E-state index contributed by atoms with van der Waals surface area (Å²) in [7, 11) is -3.38. The Balaban J connectivity index is 1.88. The van der Waals surface area contributed by atoms with Gasteiger partial charge < -0.3 is 14.8 Å². The molecule has 1 amide bonds. The van der Waals surface area contributed by atoms with Gasteiger partial charge in [-0.15, -0.1) is 0 Å². The van der Waals surface area contributed by atoms with Gasteiger partial charge in [-0.3, -0.25) is 4.79 Å². The fourth-order valence-electron chi connectivity index (χ4n) is 2.62. The van der Waals surface area contributed by atoms with E-state index in [0.717, 1.165) is 25.7 Å². The molecule has 1 aliphatic heterocycles. The van der Waals surface area contributed by atoms with Crippen molar-refractivity contribution in [1.82, 2.24) is 9.62 Å². The summed E-state index contributed by atoms with van der Waals surface area (Å²) in [5.41, 5.74) is 0.417. The Hall–Kier alpha value is -1.80. The zero-order valence-electron chi connectivity index (χ0n) is 15.5. The zero-order valence-corrected chi connectivity index (χ0v) is 16.3. The van der Waals surface area contributed by atoms with Crippen molar-refractivity contribution < 1.29 is 22.7 Å². The van der Waals surface area contributed by atoms with E-state index in [-0.39, 0.29) is 25.0 Å². The Morgan fingerprint density at radius 2 is 1.77 bits per heavy atom. The van der Waals surface area contributed by atoms with Crippen LogP contribution in [-0.4, -0.2) is 50.8 Å². The zero-order chi connectivity index (χ0) is 19.0. The fraction of sp³-hybridized carbons (Fsp3) is 0.611. The number of nitrogens with zero attached hydrogens (tertiary/aromatic N) is 1. The number of hydrogen-bond donors (Lipinski definition) is 1. The molecular formula is C18H28N2O5S. The van der Waals surface area contributed by atoms with Gasteiger partial charge in [0.1, 0.15) is 0 Å². The van der Waals surface area contributed by atoms with E-state index in [1.54, 1.807) is 22.5 Å². The van der Waals surface area contributed by atoms with Crippen LogP contribution in [0.1, 0.15) is 49.9 Å². The Labute approximate surface area is 155 Å². The molecule has 0 spiro atoms. The van der Waals surface area contributed by atoms with Gasteiger partial charge in [0.05, 0.1) is 5.75 Å². The highest BCUT2D eigenvalue weighted by molar-refractivity contribution is 7.89. The van der Waals surface area contributed by atoms with Crippen LogP contribution in [0.15, 0.2) is 18.2 Å². The first kappa shape index (κ1) is 20.5. The molecule has 0 saturated carbocycles. The molecule has 0 fully saturated rings. The summed E-state index contributed by atoms with van der Waals surface area (Å²) in [6.45, 7) is 5.37. The van der Waals surface area contributed by atoms with Gasteiger partial charge in [0.25, 0.3) is 5.91 Å². The summed E-state index contributed by atoms with van der Waals surface area (Å²) >= 11 is 0. The summed E-state index contributed by atoms with van der Waals surface area (Å²) in [5.74, 6) is 0.700. The number of fused-ring (bicyclic) bond motifs is 1. The van der Waals surface area contributed by atoms with Crippen LogP contribution < -0.4 is 14.8 Å². The minimum absolute atomic E-state index is 0.0738. The summed E-state index contributed by atoms with van der Waals surface area (Å²) in [4.78, 5) is 12.2. The molecule has 2 rings (SSSR count). The van der Waals surface area contributed by atoms with E-state index in [1.807, 2.05) is 13.8 Å². The standard InChI is InChI=1S/C18H28N2O5S/c1-3-5-10-20(11-6-4-2)26(22,23)12-9-19-18(21)15-7-8-16-17(13-15)25-14-24-16/h7-8,13H,3-6,9-12,14H2,1-2H3,(H,19,21). The van der Waals surface area contributed by atoms with E-state index in [1.165, 1.54) is 0 Å². The maximum absolute atomic E-state index is 12.6. The molecule has 0 radical (unpaired) electrons. The maximum Gasteiger partial charge on any atom is 0.251 e. The van der Waals surface area contributed by atoms with E-state index in [4.69, 9.17) is 9.47 Å². The highest BCUT2D eigenvalue weighted by Gasteiger charge is 2.21. The predicted molar refractivity (Wildman–Crippen MR) is 100 cm³/mol. The minimum atomic E-state index is -3.38. The van der Waals surface area contributed by atoms with Crippen molar-refractivity contribution in [2.24, 2.45) is 0 Å². The van der Waals surface area contributed by atoms with Crippen molar-refractivity contribution in [1.29, 1.82) is 0 Å². The van der Waals surface area contributed by atoms with Gasteiger partial charge in [-0.05, 0) is 31.0 Å². The molecule has 1 heterocycles. The van der Waals surface area contributed by atoms with Gasteiger partial charge in [0.2, 0.25) is 16.8 Å². The van der Waals surface area contributed by atoms with Crippen LogP contribution in [0.3, 0.4) is 0 Å². The van der Waals surface area contributed by atoms with Crippen LogP contribution in [0.5, 0.6) is 11.5 Å². The SMILES string of the molecule is CCCCN(CCCC)S(=O)(=O)CCNC(=O)c1ccc2c(c1)OCO2. The van der Waals surface area contributed by atoms with Crippen LogP contribution in [0, 0.1) is 0 Å². The van der Waals surface area contributed by atoms with Crippen molar-refractivity contribution in [3.8, 4) is 11.5 Å². The van der Waals surface area contributed by atoms with Crippen molar-refractivity contribution in [3.05, 3.63) is 23.8 Å². The van der Waals surface area contributed by atoms with Gasteiger partial charge in [-0.1, -0.05) is 26.7 Å². The normalized spacial score (nSPS) is 13.2. The third kappa shape index (κ3) is 5.60. The second kappa shape index (κ2) is 9.78. The van der Waals surface area contributed by atoms with E-state index in [0.29, 0.717) is 30.2 Å². The van der Waals surface area contributed by atoms with Crippen molar-refractivity contribution in [2.45, 2.75) is 39.5 Å². The van der Waals surface area contributed by atoms with E-state index < -0.39 is 10.0 Å². The number of ether oxygens (including phenoxy) is 2. The molecule has 8 heteroatoms. The lowest BCUT2D eigenvalue weighted by molar-refractivity contribution is 0.0955. The number of hydrogen-bond acceptors (Lipinski definition) is 5. The van der Waals surface area contributed by atoms with Gasteiger partial charge in [-0.2, -0.15) is 0 Å². The molecule has 0 saturated heterocycles.